The standard InChI is InChI=1S/C9H15O4/c1-4-9(11)13-7(2)5-6-12-8(3)10/h7H,2,4-6H2,1,3H3. The first-order valence-electron chi connectivity index (χ1n) is 4.22. The van der Waals surface area contributed by atoms with Crippen molar-refractivity contribution in [3.63, 3.8) is 0 Å². The van der Waals surface area contributed by atoms with Crippen LogP contribution in [0.5, 0.6) is 0 Å². The van der Waals surface area contributed by atoms with Crippen LogP contribution >= 0.6 is 0 Å². The Balaban J connectivity index is 3.45. The Labute approximate surface area is 78.2 Å². The van der Waals surface area contributed by atoms with Gasteiger partial charge in [-0.25, -0.2) is 0 Å². The molecule has 0 aliphatic rings. The van der Waals surface area contributed by atoms with Crippen molar-refractivity contribution >= 4 is 11.9 Å². The van der Waals surface area contributed by atoms with E-state index in [1.54, 1.807) is 6.92 Å². The Kier molecular flexibility index (Phi) is 5.93. The summed E-state index contributed by atoms with van der Waals surface area (Å²) in [4.78, 5) is 21.1. The molecule has 0 spiro atoms. The van der Waals surface area contributed by atoms with E-state index in [4.69, 9.17) is 4.74 Å². The summed E-state index contributed by atoms with van der Waals surface area (Å²) >= 11 is 0. The number of hydrogen-bond donors (Lipinski definition) is 0. The highest BCUT2D eigenvalue weighted by atomic mass is 16.6. The maximum absolute atomic E-state index is 10.7. The number of rotatable bonds is 5. The van der Waals surface area contributed by atoms with Crippen LogP contribution in [0, 0.1) is 6.92 Å². The molecule has 0 amide bonds. The normalized spacial score (nSPS) is 11.9. The molecule has 0 bridgehead atoms. The number of carbonyl (C=O) groups is 2. The van der Waals surface area contributed by atoms with Crippen LogP contribution in [0.25, 0.3) is 0 Å². The second kappa shape index (κ2) is 6.46. The first-order valence-corrected chi connectivity index (χ1v) is 4.22. The lowest BCUT2D eigenvalue weighted by molar-refractivity contribution is -0.148. The Morgan fingerprint density at radius 2 is 2.08 bits per heavy atom. The lowest BCUT2D eigenvalue weighted by Crippen LogP contribution is -2.17. The van der Waals surface area contributed by atoms with E-state index in [2.05, 4.69) is 11.7 Å². The minimum atomic E-state index is -0.438. The van der Waals surface area contributed by atoms with E-state index in [9.17, 15) is 9.59 Å². The van der Waals surface area contributed by atoms with Crippen LogP contribution in [0.3, 0.4) is 0 Å². The van der Waals surface area contributed by atoms with Crippen LogP contribution < -0.4 is 0 Å². The van der Waals surface area contributed by atoms with E-state index < -0.39 is 6.10 Å². The summed E-state index contributed by atoms with van der Waals surface area (Å²) in [7, 11) is 0. The Hall–Kier alpha value is -1.06. The molecule has 0 aliphatic heterocycles. The van der Waals surface area contributed by atoms with Crippen molar-refractivity contribution in [1.29, 1.82) is 0 Å². The predicted octanol–water partition coefficient (Wildman–Crippen LogP) is 1.10. The molecule has 0 N–H and O–H groups in total. The van der Waals surface area contributed by atoms with Gasteiger partial charge in [0.2, 0.25) is 0 Å². The number of ether oxygens (including phenoxy) is 2. The highest BCUT2D eigenvalue weighted by molar-refractivity contribution is 5.69. The van der Waals surface area contributed by atoms with Crippen molar-refractivity contribution in [2.45, 2.75) is 32.8 Å². The molecule has 4 heteroatoms. The first-order chi connectivity index (χ1) is 6.06. The molecule has 1 unspecified atom stereocenters. The van der Waals surface area contributed by atoms with Crippen molar-refractivity contribution in [2.24, 2.45) is 0 Å². The quantitative estimate of drug-likeness (QED) is 0.605. The zero-order valence-corrected chi connectivity index (χ0v) is 8.04. The summed E-state index contributed by atoms with van der Waals surface area (Å²) in [6.07, 6.45) is 0.331. The van der Waals surface area contributed by atoms with E-state index in [1.165, 1.54) is 6.92 Å². The molecular formula is C9H15O4. The fraction of sp³-hybridized carbons (Fsp3) is 0.667. The average molecular weight is 187 g/mol. The van der Waals surface area contributed by atoms with Gasteiger partial charge in [-0.05, 0) is 6.92 Å². The van der Waals surface area contributed by atoms with E-state index in [0.717, 1.165) is 0 Å². The van der Waals surface area contributed by atoms with Crippen molar-refractivity contribution in [2.75, 3.05) is 6.61 Å². The summed E-state index contributed by atoms with van der Waals surface area (Å²) in [5.41, 5.74) is 0. The number of hydrogen-bond acceptors (Lipinski definition) is 4. The maximum atomic E-state index is 10.7. The van der Waals surface area contributed by atoms with Gasteiger partial charge in [-0.15, -0.1) is 0 Å². The molecule has 0 heterocycles. The minimum Gasteiger partial charge on any atom is -0.466 e. The summed E-state index contributed by atoms with van der Waals surface area (Å²) < 4.78 is 9.50. The second-order valence-corrected chi connectivity index (χ2v) is 2.59. The SMILES string of the molecule is [CH2]C(CCOC(C)=O)OC(=O)CC. The fourth-order valence-electron chi connectivity index (χ4n) is 0.662. The Bertz CT molecular complexity index is 176. The lowest BCUT2D eigenvalue weighted by Gasteiger charge is -2.11. The van der Waals surface area contributed by atoms with Crippen LogP contribution in [0.4, 0.5) is 0 Å². The van der Waals surface area contributed by atoms with Crippen LogP contribution in [-0.4, -0.2) is 24.6 Å². The zero-order chi connectivity index (χ0) is 10.3. The molecule has 75 valence electrons. The van der Waals surface area contributed by atoms with E-state index >= 15 is 0 Å². The molecule has 0 rings (SSSR count). The van der Waals surface area contributed by atoms with Crippen LogP contribution in [0.1, 0.15) is 26.7 Å². The monoisotopic (exact) mass is 187 g/mol. The molecule has 0 saturated heterocycles. The number of carbonyl (C=O) groups excluding carboxylic acids is 2. The van der Waals surface area contributed by atoms with Gasteiger partial charge in [-0.3, -0.25) is 9.59 Å². The van der Waals surface area contributed by atoms with Gasteiger partial charge in [0.15, 0.2) is 0 Å². The van der Waals surface area contributed by atoms with Gasteiger partial charge >= 0.3 is 11.9 Å². The van der Waals surface area contributed by atoms with Crippen molar-refractivity contribution in [1.82, 2.24) is 0 Å². The van der Waals surface area contributed by atoms with E-state index in [0.29, 0.717) is 12.8 Å². The molecule has 1 atom stereocenters. The van der Waals surface area contributed by atoms with Crippen molar-refractivity contribution < 1.29 is 19.1 Å². The molecular weight excluding hydrogens is 172 g/mol. The van der Waals surface area contributed by atoms with Gasteiger partial charge in [-0.2, -0.15) is 0 Å². The Morgan fingerprint density at radius 3 is 2.54 bits per heavy atom. The molecule has 0 aromatic rings. The number of esters is 2. The van der Waals surface area contributed by atoms with E-state index in [1.807, 2.05) is 0 Å². The van der Waals surface area contributed by atoms with E-state index in [-0.39, 0.29) is 18.5 Å². The van der Waals surface area contributed by atoms with Gasteiger partial charge in [0.1, 0.15) is 6.10 Å². The van der Waals surface area contributed by atoms with Crippen LogP contribution in [0.15, 0.2) is 0 Å². The second-order valence-electron chi connectivity index (χ2n) is 2.59. The Morgan fingerprint density at radius 1 is 1.46 bits per heavy atom. The van der Waals surface area contributed by atoms with Gasteiger partial charge < -0.3 is 9.47 Å². The van der Waals surface area contributed by atoms with Gasteiger partial charge in [-0.1, -0.05) is 6.92 Å². The third-order valence-electron chi connectivity index (χ3n) is 1.33. The highest BCUT2D eigenvalue weighted by Crippen LogP contribution is 1.99. The molecule has 0 aliphatic carbocycles. The maximum Gasteiger partial charge on any atom is 0.305 e. The van der Waals surface area contributed by atoms with Crippen molar-refractivity contribution in [3.8, 4) is 0 Å². The van der Waals surface area contributed by atoms with Gasteiger partial charge in [0.25, 0.3) is 0 Å². The highest BCUT2D eigenvalue weighted by Gasteiger charge is 2.07. The first kappa shape index (κ1) is 11.9. The summed E-state index contributed by atoms with van der Waals surface area (Å²) in [6.45, 7) is 6.86. The smallest absolute Gasteiger partial charge is 0.305 e. The molecule has 1 radical (unpaired) electrons. The largest absolute Gasteiger partial charge is 0.466 e. The molecule has 0 aromatic carbocycles. The third-order valence-corrected chi connectivity index (χ3v) is 1.33. The lowest BCUT2D eigenvalue weighted by atomic mass is 10.3. The summed E-state index contributed by atoms with van der Waals surface area (Å²) in [5, 5.41) is 0. The topological polar surface area (TPSA) is 52.6 Å². The molecule has 0 fully saturated rings. The molecule has 0 saturated carbocycles. The third kappa shape index (κ3) is 7.31. The predicted molar refractivity (Wildman–Crippen MR) is 46.8 cm³/mol. The molecule has 4 nitrogen and oxygen atoms in total. The average Bonchev–Trinajstić information content (AvgIpc) is 2.03. The van der Waals surface area contributed by atoms with Crippen molar-refractivity contribution in [3.05, 3.63) is 6.92 Å². The zero-order valence-electron chi connectivity index (χ0n) is 8.04. The summed E-state index contributed by atoms with van der Waals surface area (Å²) in [6, 6.07) is 0. The molecule has 0 aromatic heterocycles. The molecule has 13 heavy (non-hydrogen) atoms. The fourth-order valence-corrected chi connectivity index (χ4v) is 0.662. The van der Waals surface area contributed by atoms with Gasteiger partial charge in [0.05, 0.1) is 6.61 Å². The van der Waals surface area contributed by atoms with Gasteiger partial charge in [0, 0.05) is 19.8 Å². The van der Waals surface area contributed by atoms with Crippen LogP contribution in [-0.2, 0) is 19.1 Å². The minimum absolute atomic E-state index is 0.237. The van der Waals surface area contributed by atoms with Crippen LogP contribution in [0.2, 0.25) is 0 Å². The summed E-state index contributed by atoms with van der Waals surface area (Å²) in [5.74, 6) is -0.628.